The third-order valence-corrected chi connectivity index (χ3v) is 4.66. The molecule has 0 aromatic heterocycles. The lowest BCUT2D eigenvalue weighted by molar-refractivity contribution is 0.0953. The van der Waals surface area contributed by atoms with E-state index in [4.69, 9.17) is 10.5 Å². The standard InChI is InChI=1S/C14H20N2O2S/c1-18-13-8-10(5-6-12(13)15)14(17)16-9-11-4-2-3-7-19-11/h5-6,8,11H,2-4,7,9,15H2,1H3,(H,16,17). The van der Waals surface area contributed by atoms with Crippen LogP contribution in [0.15, 0.2) is 18.2 Å². The smallest absolute Gasteiger partial charge is 0.251 e. The first kappa shape index (κ1) is 14.1. The third kappa shape index (κ3) is 3.80. The van der Waals surface area contributed by atoms with Gasteiger partial charge < -0.3 is 15.8 Å². The third-order valence-electron chi connectivity index (χ3n) is 3.26. The number of carbonyl (C=O) groups is 1. The zero-order chi connectivity index (χ0) is 13.7. The zero-order valence-corrected chi connectivity index (χ0v) is 12.0. The number of carbonyl (C=O) groups excluding carboxylic acids is 1. The summed E-state index contributed by atoms with van der Waals surface area (Å²) in [7, 11) is 1.55. The van der Waals surface area contributed by atoms with Crippen LogP contribution in [0.5, 0.6) is 5.75 Å². The van der Waals surface area contributed by atoms with Gasteiger partial charge >= 0.3 is 0 Å². The highest BCUT2D eigenvalue weighted by atomic mass is 32.2. The van der Waals surface area contributed by atoms with Crippen molar-refractivity contribution in [3.05, 3.63) is 23.8 Å². The Morgan fingerprint density at radius 1 is 1.53 bits per heavy atom. The van der Waals surface area contributed by atoms with Gasteiger partial charge in [-0.2, -0.15) is 11.8 Å². The topological polar surface area (TPSA) is 64.3 Å². The molecule has 5 heteroatoms. The molecule has 2 rings (SSSR count). The summed E-state index contributed by atoms with van der Waals surface area (Å²) in [6, 6.07) is 5.10. The van der Waals surface area contributed by atoms with Gasteiger partial charge in [-0.1, -0.05) is 6.42 Å². The summed E-state index contributed by atoms with van der Waals surface area (Å²) in [5, 5.41) is 3.53. The summed E-state index contributed by atoms with van der Waals surface area (Å²) < 4.78 is 5.12. The predicted molar refractivity (Wildman–Crippen MR) is 79.8 cm³/mol. The fourth-order valence-electron chi connectivity index (χ4n) is 2.13. The Kier molecular flexibility index (Phi) is 4.96. The van der Waals surface area contributed by atoms with E-state index in [1.54, 1.807) is 25.3 Å². The number of hydrogen-bond donors (Lipinski definition) is 2. The maximum absolute atomic E-state index is 12.1. The van der Waals surface area contributed by atoms with Gasteiger partial charge in [0.15, 0.2) is 0 Å². The second-order valence-electron chi connectivity index (χ2n) is 4.66. The quantitative estimate of drug-likeness (QED) is 0.831. The summed E-state index contributed by atoms with van der Waals surface area (Å²) in [4.78, 5) is 12.1. The maximum atomic E-state index is 12.1. The maximum Gasteiger partial charge on any atom is 0.251 e. The zero-order valence-electron chi connectivity index (χ0n) is 11.1. The van der Waals surface area contributed by atoms with Gasteiger partial charge in [-0.05, 0) is 36.8 Å². The van der Waals surface area contributed by atoms with E-state index in [0.717, 1.165) is 6.54 Å². The van der Waals surface area contributed by atoms with Crippen LogP contribution >= 0.6 is 11.8 Å². The lowest BCUT2D eigenvalue weighted by Gasteiger charge is -2.21. The van der Waals surface area contributed by atoms with Crippen LogP contribution in [0.1, 0.15) is 29.6 Å². The van der Waals surface area contributed by atoms with Gasteiger partial charge in [0.2, 0.25) is 0 Å². The van der Waals surface area contributed by atoms with Crippen LogP contribution in [0.2, 0.25) is 0 Å². The van der Waals surface area contributed by atoms with E-state index in [1.165, 1.54) is 25.0 Å². The summed E-state index contributed by atoms with van der Waals surface area (Å²) in [5.41, 5.74) is 6.86. The molecule has 1 fully saturated rings. The van der Waals surface area contributed by atoms with Gasteiger partial charge in [-0.15, -0.1) is 0 Å². The van der Waals surface area contributed by atoms with Crippen molar-refractivity contribution in [2.45, 2.75) is 24.5 Å². The van der Waals surface area contributed by atoms with E-state index < -0.39 is 0 Å². The van der Waals surface area contributed by atoms with Crippen molar-refractivity contribution in [1.82, 2.24) is 5.32 Å². The summed E-state index contributed by atoms with van der Waals surface area (Å²) in [6.07, 6.45) is 3.75. The van der Waals surface area contributed by atoms with Crippen molar-refractivity contribution in [1.29, 1.82) is 0 Å². The number of amides is 1. The molecule has 3 N–H and O–H groups in total. The molecule has 1 aliphatic rings. The van der Waals surface area contributed by atoms with Crippen molar-refractivity contribution in [2.75, 3.05) is 25.1 Å². The summed E-state index contributed by atoms with van der Waals surface area (Å²) in [6.45, 7) is 0.732. The van der Waals surface area contributed by atoms with E-state index >= 15 is 0 Å². The highest BCUT2D eigenvalue weighted by Gasteiger charge is 2.15. The Morgan fingerprint density at radius 2 is 2.37 bits per heavy atom. The van der Waals surface area contributed by atoms with Crippen LogP contribution in [0.3, 0.4) is 0 Å². The molecular formula is C14H20N2O2S. The van der Waals surface area contributed by atoms with Crippen molar-refractivity contribution in [3.63, 3.8) is 0 Å². The number of anilines is 1. The summed E-state index contributed by atoms with van der Waals surface area (Å²) >= 11 is 1.95. The molecule has 104 valence electrons. The second-order valence-corrected chi connectivity index (χ2v) is 6.06. The number of benzene rings is 1. The van der Waals surface area contributed by atoms with Crippen molar-refractivity contribution >= 4 is 23.4 Å². The predicted octanol–water partition coefficient (Wildman–Crippen LogP) is 2.29. The van der Waals surface area contributed by atoms with Crippen molar-refractivity contribution < 1.29 is 9.53 Å². The van der Waals surface area contributed by atoms with Gasteiger partial charge in [0.1, 0.15) is 5.75 Å². The van der Waals surface area contributed by atoms with Gasteiger partial charge in [-0.3, -0.25) is 4.79 Å². The van der Waals surface area contributed by atoms with E-state index in [0.29, 0.717) is 22.3 Å². The average molecular weight is 280 g/mol. The van der Waals surface area contributed by atoms with Crippen LogP contribution in [0.25, 0.3) is 0 Å². The number of nitrogens with two attached hydrogens (primary N) is 1. The fraction of sp³-hybridized carbons (Fsp3) is 0.500. The first-order valence-corrected chi connectivity index (χ1v) is 7.59. The molecule has 0 bridgehead atoms. The molecule has 4 nitrogen and oxygen atoms in total. The molecule has 1 amide bonds. The van der Waals surface area contributed by atoms with Crippen LogP contribution in [0, 0.1) is 0 Å². The first-order valence-electron chi connectivity index (χ1n) is 6.54. The molecule has 1 saturated heterocycles. The van der Waals surface area contributed by atoms with Crippen LogP contribution in [-0.4, -0.2) is 30.6 Å². The van der Waals surface area contributed by atoms with Crippen LogP contribution in [0.4, 0.5) is 5.69 Å². The van der Waals surface area contributed by atoms with Gasteiger partial charge in [0.25, 0.3) is 5.91 Å². The average Bonchev–Trinajstić information content (AvgIpc) is 2.46. The van der Waals surface area contributed by atoms with Gasteiger partial charge in [-0.25, -0.2) is 0 Å². The highest BCUT2D eigenvalue weighted by molar-refractivity contribution is 7.99. The minimum atomic E-state index is -0.0653. The number of hydrogen-bond acceptors (Lipinski definition) is 4. The van der Waals surface area contributed by atoms with E-state index in [2.05, 4.69) is 5.32 Å². The molecule has 0 aliphatic carbocycles. The Labute approximate surface area is 118 Å². The number of methoxy groups -OCH3 is 1. The largest absolute Gasteiger partial charge is 0.495 e. The second kappa shape index (κ2) is 6.70. The van der Waals surface area contributed by atoms with Gasteiger partial charge in [0, 0.05) is 17.4 Å². The normalized spacial score (nSPS) is 18.9. The SMILES string of the molecule is COc1cc(C(=O)NCC2CCCCS2)ccc1N. The molecule has 19 heavy (non-hydrogen) atoms. The van der Waals surface area contributed by atoms with Crippen molar-refractivity contribution in [3.8, 4) is 5.75 Å². The number of nitrogens with one attached hydrogen (secondary N) is 1. The highest BCUT2D eigenvalue weighted by Crippen LogP contribution is 2.25. The van der Waals surface area contributed by atoms with Crippen LogP contribution < -0.4 is 15.8 Å². The first-order chi connectivity index (χ1) is 9.20. The van der Waals surface area contributed by atoms with Gasteiger partial charge in [0.05, 0.1) is 12.8 Å². The minimum Gasteiger partial charge on any atom is -0.495 e. The molecule has 1 atom stereocenters. The number of thioether (sulfide) groups is 1. The molecule has 0 radical (unpaired) electrons. The number of ether oxygens (including phenoxy) is 1. The summed E-state index contributed by atoms with van der Waals surface area (Å²) in [5.74, 6) is 1.68. The van der Waals surface area contributed by atoms with Crippen molar-refractivity contribution in [2.24, 2.45) is 0 Å². The molecule has 0 spiro atoms. The lowest BCUT2D eigenvalue weighted by atomic mass is 10.1. The molecule has 0 saturated carbocycles. The Bertz CT molecular complexity index is 445. The number of rotatable bonds is 4. The lowest BCUT2D eigenvalue weighted by Crippen LogP contribution is -2.31. The Hall–Kier alpha value is -1.36. The van der Waals surface area contributed by atoms with E-state index in [9.17, 15) is 4.79 Å². The fourth-order valence-corrected chi connectivity index (χ4v) is 3.37. The minimum absolute atomic E-state index is 0.0653. The molecular weight excluding hydrogens is 260 g/mol. The van der Waals surface area contributed by atoms with E-state index in [1.807, 2.05) is 11.8 Å². The molecule has 1 aliphatic heterocycles. The molecule has 1 unspecified atom stereocenters. The van der Waals surface area contributed by atoms with E-state index in [-0.39, 0.29) is 5.91 Å². The van der Waals surface area contributed by atoms with Crippen LogP contribution in [-0.2, 0) is 0 Å². The number of nitrogen functional groups attached to an aromatic ring is 1. The Morgan fingerprint density at radius 3 is 3.05 bits per heavy atom. The molecule has 1 aromatic carbocycles. The molecule has 1 heterocycles. The monoisotopic (exact) mass is 280 g/mol. The molecule has 1 aromatic rings. The Balaban J connectivity index is 1.92.